The number of hydrogen-bond donors (Lipinski definition) is 0. The number of piperidine rings is 1. The van der Waals surface area contributed by atoms with Crippen LogP contribution in [0.3, 0.4) is 0 Å². The molecule has 1 fully saturated rings. The summed E-state index contributed by atoms with van der Waals surface area (Å²) in [4.78, 5) is 16.0. The van der Waals surface area contributed by atoms with Crippen LogP contribution in [-0.2, 0) is 11.2 Å². The quantitative estimate of drug-likeness (QED) is 0.407. The average Bonchev–Trinajstić information content (AvgIpc) is 3.37. The number of aryl methyl sites for hydroxylation is 2. The van der Waals surface area contributed by atoms with Gasteiger partial charge in [0, 0.05) is 12.0 Å². The molecule has 0 spiro atoms. The molecule has 0 aromatic heterocycles. The zero-order valence-corrected chi connectivity index (χ0v) is 22.2. The SMILES string of the molecule is COc1ccccc1C1=NN(C(=O)CN2CCC(Cc3ccccc3)CC2)[C@@H](c2cc(C)ccc2C)C1. The van der Waals surface area contributed by atoms with Gasteiger partial charge in [0.05, 0.1) is 25.4 Å². The number of benzene rings is 3. The smallest absolute Gasteiger partial charge is 0.257 e. The first-order valence-corrected chi connectivity index (χ1v) is 13.4. The molecular weight excluding hydrogens is 458 g/mol. The highest BCUT2D eigenvalue weighted by atomic mass is 16.5. The van der Waals surface area contributed by atoms with Crippen molar-refractivity contribution in [2.24, 2.45) is 11.0 Å². The van der Waals surface area contributed by atoms with Gasteiger partial charge in [-0.15, -0.1) is 0 Å². The first-order chi connectivity index (χ1) is 18.0. The van der Waals surface area contributed by atoms with Gasteiger partial charge in [-0.3, -0.25) is 9.69 Å². The number of carbonyl (C=O) groups is 1. The number of hydrazone groups is 1. The van der Waals surface area contributed by atoms with E-state index in [1.807, 2.05) is 24.3 Å². The molecular formula is C32H37N3O2. The number of ether oxygens (including phenoxy) is 1. The lowest BCUT2D eigenvalue weighted by atomic mass is 9.90. The molecule has 192 valence electrons. The second-order valence-electron chi connectivity index (χ2n) is 10.5. The van der Waals surface area contributed by atoms with Gasteiger partial charge >= 0.3 is 0 Å². The first kappa shape index (κ1) is 25.2. The Kier molecular flexibility index (Phi) is 7.71. The summed E-state index contributed by atoms with van der Waals surface area (Å²) in [7, 11) is 1.68. The highest BCUT2D eigenvalue weighted by Crippen LogP contribution is 2.37. The van der Waals surface area contributed by atoms with Crippen LogP contribution in [0.15, 0.2) is 77.9 Å². The number of rotatable bonds is 7. The molecule has 2 heterocycles. The van der Waals surface area contributed by atoms with Crippen molar-refractivity contribution < 1.29 is 9.53 Å². The van der Waals surface area contributed by atoms with Crippen LogP contribution >= 0.6 is 0 Å². The van der Waals surface area contributed by atoms with Crippen molar-refractivity contribution in [1.29, 1.82) is 0 Å². The number of para-hydroxylation sites is 1. The van der Waals surface area contributed by atoms with Crippen molar-refractivity contribution in [3.05, 3.63) is 101 Å². The van der Waals surface area contributed by atoms with E-state index in [0.29, 0.717) is 18.9 Å². The lowest BCUT2D eigenvalue weighted by Crippen LogP contribution is -2.42. The summed E-state index contributed by atoms with van der Waals surface area (Å²) in [6.45, 7) is 6.53. The molecule has 0 unspecified atom stereocenters. The Morgan fingerprint density at radius 2 is 1.70 bits per heavy atom. The maximum Gasteiger partial charge on any atom is 0.257 e. The fourth-order valence-corrected chi connectivity index (χ4v) is 5.71. The molecule has 5 nitrogen and oxygen atoms in total. The second-order valence-corrected chi connectivity index (χ2v) is 10.5. The van der Waals surface area contributed by atoms with Gasteiger partial charge in [0.1, 0.15) is 5.75 Å². The maximum absolute atomic E-state index is 13.7. The summed E-state index contributed by atoms with van der Waals surface area (Å²) in [6.07, 6.45) is 4.04. The largest absolute Gasteiger partial charge is 0.496 e. The van der Waals surface area contributed by atoms with E-state index in [1.165, 1.54) is 22.3 Å². The van der Waals surface area contributed by atoms with Crippen molar-refractivity contribution in [3.63, 3.8) is 0 Å². The van der Waals surface area contributed by atoms with Crippen LogP contribution in [0.1, 0.15) is 53.1 Å². The number of likely N-dealkylation sites (tertiary alicyclic amines) is 1. The number of nitrogens with zero attached hydrogens (tertiary/aromatic N) is 3. The summed E-state index contributed by atoms with van der Waals surface area (Å²) in [5.41, 5.74) is 6.81. The van der Waals surface area contributed by atoms with Gasteiger partial charge in [0.15, 0.2) is 0 Å². The third kappa shape index (κ3) is 5.78. The van der Waals surface area contributed by atoms with E-state index in [2.05, 4.69) is 67.3 Å². The van der Waals surface area contributed by atoms with Crippen LogP contribution in [0.2, 0.25) is 0 Å². The minimum absolute atomic E-state index is 0.0670. The fourth-order valence-electron chi connectivity index (χ4n) is 5.71. The molecule has 0 aliphatic carbocycles. The first-order valence-electron chi connectivity index (χ1n) is 13.4. The predicted octanol–water partition coefficient (Wildman–Crippen LogP) is 5.94. The second kappa shape index (κ2) is 11.3. The summed E-state index contributed by atoms with van der Waals surface area (Å²) in [6, 6.07) is 25.0. The van der Waals surface area contributed by atoms with E-state index in [0.717, 1.165) is 49.4 Å². The topological polar surface area (TPSA) is 45.1 Å². The predicted molar refractivity (Wildman–Crippen MR) is 149 cm³/mol. The van der Waals surface area contributed by atoms with Gasteiger partial charge in [-0.25, -0.2) is 5.01 Å². The molecule has 0 saturated carbocycles. The van der Waals surface area contributed by atoms with Crippen LogP contribution in [0.5, 0.6) is 5.75 Å². The highest BCUT2D eigenvalue weighted by Gasteiger charge is 2.35. The van der Waals surface area contributed by atoms with Crippen molar-refractivity contribution in [2.75, 3.05) is 26.7 Å². The standard InChI is InChI=1S/C32H37N3O2/c1-23-13-14-24(2)28(19-23)30-21-29(27-11-7-8-12-31(27)37-3)33-35(30)32(36)22-34-17-15-26(16-18-34)20-25-9-5-4-6-10-25/h4-14,19,26,30H,15-18,20-22H2,1-3H3/t30-/m1/s1. The number of amides is 1. The van der Waals surface area contributed by atoms with Crippen LogP contribution in [-0.4, -0.2) is 48.3 Å². The molecule has 1 saturated heterocycles. The molecule has 37 heavy (non-hydrogen) atoms. The van der Waals surface area contributed by atoms with Crippen molar-refractivity contribution in [1.82, 2.24) is 9.91 Å². The average molecular weight is 496 g/mol. The third-order valence-corrected chi connectivity index (χ3v) is 7.81. The number of hydrogen-bond acceptors (Lipinski definition) is 4. The van der Waals surface area contributed by atoms with E-state index in [4.69, 9.17) is 9.84 Å². The lowest BCUT2D eigenvalue weighted by Gasteiger charge is -2.33. The third-order valence-electron chi connectivity index (χ3n) is 7.81. The normalized spacial score (nSPS) is 18.6. The van der Waals surface area contributed by atoms with Crippen LogP contribution in [0.25, 0.3) is 0 Å². The summed E-state index contributed by atoms with van der Waals surface area (Å²) < 4.78 is 5.62. The molecule has 0 radical (unpaired) electrons. The van der Waals surface area contributed by atoms with E-state index in [9.17, 15) is 4.79 Å². The van der Waals surface area contributed by atoms with Crippen molar-refractivity contribution >= 4 is 11.6 Å². The lowest BCUT2D eigenvalue weighted by molar-refractivity contribution is -0.134. The fraction of sp³-hybridized carbons (Fsp3) is 0.375. The molecule has 3 aromatic rings. The maximum atomic E-state index is 13.7. The Morgan fingerprint density at radius 1 is 0.973 bits per heavy atom. The number of carbonyl (C=O) groups excluding carboxylic acids is 1. The Hall–Kier alpha value is -3.44. The van der Waals surface area contributed by atoms with E-state index >= 15 is 0 Å². The summed E-state index contributed by atoms with van der Waals surface area (Å²) in [5.74, 6) is 1.53. The van der Waals surface area contributed by atoms with Gasteiger partial charge < -0.3 is 4.74 Å². The van der Waals surface area contributed by atoms with Crippen molar-refractivity contribution in [2.45, 2.75) is 45.6 Å². The molecule has 2 aliphatic rings. The molecule has 5 rings (SSSR count). The minimum Gasteiger partial charge on any atom is -0.496 e. The Balaban J connectivity index is 1.32. The number of methoxy groups -OCH3 is 1. The van der Waals surface area contributed by atoms with Crippen LogP contribution < -0.4 is 4.74 Å². The molecule has 1 atom stereocenters. The summed E-state index contributed by atoms with van der Waals surface area (Å²) >= 11 is 0. The zero-order chi connectivity index (χ0) is 25.8. The molecule has 2 aliphatic heterocycles. The monoisotopic (exact) mass is 495 g/mol. The molecule has 1 amide bonds. The van der Waals surface area contributed by atoms with E-state index < -0.39 is 0 Å². The van der Waals surface area contributed by atoms with Gasteiger partial charge in [0.25, 0.3) is 5.91 Å². The Morgan fingerprint density at radius 3 is 2.46 bits per heavy atom. The van der Waals surface area contributed by atoms with Crippen molar-refractivity contribution in [3.8, 4) is 5.75 Å². The Labute approximate surface area is 220 Å². The van der Waals surface area contributed by atoms with Gasteiger partial charge in [0.2, 0.25) is 0 Å². The van der Waals surface area contributed by atoms with Crippen LogP contribution in [0, 0.1) is 19.8 Å². The van der Waals surface area contributed by atoms with E-state index in [1.54, 1.807) is 12.1 Å². The Bertz CT molecular complexity index is 1260. The molecule has 0 bridgehead atoms. The molecule has 5 heteroatoms. The van der Waals surface area contributed by atoms with Crippen LogP contribution in [0.4, 0.5) is 0 Å². The molecule has 3 aromatic carbocycles. The zero-order valence-electron chi connectivity index (χ0n) is 22.2. The van der Waals surface area contributed by atoms with Gasteiger partial charge in [-0.1, -0.05) is 66.2 Å². The van der Waals surface area contributed by atoms with Gasteiger partial charge in [-0.05, 0) is 80.9 Å². The molecule has 0 N–H and O–H groups in total. The van der Waals surface area contributed by atoms with E-state index in [-0.39, 0.29) is 11.9 Å². The minimum atomic E-state index is -0.108. The highest BCUT2D eigenvalue weighted by molar-refractivity contribution is 6.05. The summed E-state index contributed by atoms with van der Waals surface area (Å²) in [5, 5.41) is 6.68. The van der Waals surface area contributed by atoms with Gasteiger partial charge in [-0.2, -0.15) is 5.10 Å².